The number of aryl methyl sites for hydroxylation is 1. The molecule has 1 amide bonds. The smallest absolute Gasteiger partial charge is 0.337 e. The molecule has 0 aliphatic carbocycles. The summed E-state index contributed by atoms with van der Waals surface area (Å²) in [5.74, 6) is 0.305. The molecular weight excluding hydrogens is 354 g/mol. The largest absolute Gasteiger partial charge is 0.465 e. The minimum atomic E-state index is -0.418. The van der Waals surface area contributed by atoms with Crippen molar-refractivity contribution in [1.82, 2.24) is 19.5 Å². The predicted molar refractivity (Wildman–Crippen MR) is 97.1 cm³/mol. The van der Waals surface area contributed by atoms with Crippen molar-refractivity contribution in [1.29, 1.82) is 0 Å². The lowest BCUT2D eigenvalue weighted by Gasteiger charge is -2.09. The first-order valence-corrected chi connectivity index (χ1v) is 8.73. The minimum absolute atomic E-state index is 0.179. The molecule has 0 unspecified atom stereocenters. The number of nitrogens with zero attached hydrogens (tertiary/aromatic N) is 4. The molecule has 0 aliphatic rings. The maximum atomic E-state index is 12.2. The van der Waals surface area contributed by atoms with E-state index in [9.17, 15) is 9.59 Å². The van der Waals surface area contributed by atoms with Crippen LogP contribution in [0.25, 0.3) is 0 Å². The summed E-state index contributed by atoms with van der Waals surface area (Å²) in [4.78, 5) is 23.6. The molecule has 0 radical (unpaired) electrons. The van der Waals surface area contributed by atoms with Crippen LogP contribution in [-0.2, 0) is 9.53 Å². The normalized spacial score (nSPS) is 10.5. The molecule has 0 bridgehead atoms. The molecule has 3 aromatic rings. The van der Waals surface area contributed by atoms with E-state index in [1.54, 1.807) is 24.3 Å². The van der Waals surface area contributed by atoms with E-state index in [0.717, 1.165) is 5.82 Å². The summed E-state index contributed by atoms with van der Waals surface area (Å²) in [7, 11) is 1.32. The van der Waals surface area contributed by atoms with Crippen molar-refractivity contribution in [3.8, 4) is 0 Å². The van der Waals surface area contributed by atoms with Gasteiger partial charge in [0.15, 0.2) is 5.82 Å². The van der Waals surface area contributed by atoms with E-state index in [4.69, 9.17) is 0 Å². The highest BCUT2D eigenvalue weighted by molar-refractivity contribution is 7.99. The summed E-state index contributed by atoms with van der Waals surface area (Å²) in [5.41, 5.74) is 1.03. The first-order chi connectivity index (χ1) is 12.6. The summed E-state index contributed by atoms with van der Waals surface area (Å²) in [6.07, 6.45) is 3.76. The molecular formula is C17H17N5O3S. The number of aromatic nitrogens is 4. The summed E-state index contributed by atoms with van der Waals surface area (Å²) in [6.45, 7) is 1.85. The van der Waals surface area contributed by atoms with Crippen LogP contribution in [-0.4, -0.2) is 44.3 Å². The Morgan fingerprint density at radius 3 is 2.50 bits per heavy atom. The highest BCUT2D eigenvalue weighted by Gasteiger charge is 2.13. The van der Waals surface area contributed by atoms with Crippen molar-refractivity contribution in [2.24, 2.45) is 0 Å². The van der Waals surface area contributed by atoms with Gasteiger partial charge in [-0.25, -0.2) is 9.47 Å². The van der Waals surface area contributed by atoms with Gasteiger partial charge in [0.05, 0.1) is 18.4 Å². The third-order valence-corrected chi connectivity index (χ3v) is 4.43. The second-order valence-electron chi connectivity index (χ2n) is 5.31. The topological polar surface area (TPSA) is 91.0 Å². The van der Waals surface area contributed by atoms with Crippen LogP contribution in [0.5, 0.6) is 0 Å². The number of carbonyl (C=O) groups is 2. The van der Waals surface area contributed by atoms with Crippen molar-refractivity contribution in [2.45, 2.75) is 12.1 Å². The monoisotopic (exact) mass is 371 g/mol. The number of ether oxygens (including phenoxy) is 1. The SMILES string of the molecule is COC(=O)c1ccc(NC(=O)CSc2nnc(C)n2-n2cccc2)cc1. The van der Waals surface area contributed by atoms with Crippen LogP contribution in [0.3, 0.4) is 0 Å². The van der Waals surface area contributed by atoms with Gasteiger partial charge in [-0.3, -0.25) is 9.47 Å². The fourth-order valence-electron chi connectivity index (χ4n) is 2.29. The number of methoxy groups -OCH3 is 1. The van der Waals surface area contributed by atoms with Crippen LogP contribution in [0.2, 0.25) is 0 Å². The Bertz CT molecular complexity index is 903. The quantitative estimate of drug-likeness (QED) is 0.528. The third kappa shape index (κ3) is 3.94. The maximum Gasteiger partial charge on any atom is 0.337 e. The molecule has 2 heterocycles. The highest BCUT2D eigenvalue weighted by Crippen LogP contribution is 2.18. The van der Waals surface area contributed by atoms with E-state index in [-0.39, 0.29) is 11.7 Å². The number of hydrogen-bond acceptors (Lipinski definition) is 6. The third-order valence-electron chi connectivity index (χ3n) is 3.51. The van der Waals surface area contributed by atoms with Gasteiger partial charge in [0.2, 0.25) is 11.1 Å². The molecule has 134 valence electrons. The fraction of sp³-hybridized carbons (Fsp3) is 0.176. The van der Waals surface area contributed by atoms with E-state index in [1.165, 1.54) is 18.9 Å². The summed E-state index contributed by atoms with van der Waals surface area (Å²) in [5, 5.41) is 11.6. The van der Waals surface area contributed by atoms with Gasteiger partial charge in [-0.2, -0.15) is 0 Å². The second kappa shape index (κ2) is 7.87. The van der Waals surface area contributed by atoms with Gasteiger partial charge in [0.25, 0.3) is 0 Å². The zero-order valence-corrected chi connectivity index (χ0v) is 15.1. The fourth-order valence-corrected chi connectivity index (χ4v) is 3.07. The average Bonchev–Trinajstić information content (AvgIpc) is 3.29. The number of esters is 1. The van der Waals surface area contributed by atoms with Gasteiger partial charge in [-0.15, -0.1) is 10.2 Å². The summed E-state index contributed by atoms with van der Waals surface area (Å²) < 4.78 is 8.31. The van der Waals surface area contributed by atoms with E-state index >= 15 is 0 Å². The van der Waals surface area contributed by atoms with Crippen LogP contribution in [0.15, 0.2) is 53.9 Å². The zero-order valence-electron chi connectivity index (χ0n) is 14.2. The van der Waals surface area contributed by atoms with Gasteiger partial charge in [0, 0.05) is 18.1 Å². The van der Waals surface area contributed by atoms with Crippen LogP contribution in [0, 0.1) is 6.92 Å². The number of carbonyl (C=O) groups excluding carboxylic acids is 2. The Morgan fingerprint density at radius 1 is 1.15 bits per heavy atom. The molecule has 1 N–H and O–H groups in total. The van der Waals surface area contributed by atoms with Crippen molar-refractivity contribution in [3.05, 3.63) is 60.2 Å². The second-order valence-corrected chi connectivity index (χ2v) is 6.25. The molecule has 3 rings (SSSR count). The van der Waals surface area contributed by atoms with Crippen molar-refractivity contribution >= 4 is 29.3 Å². The van der Waals surface area contributed by atoms with Gasteiger partial charge in [-0.05, 0) is 43.3 Å². The Labute approximate surface area is 154 Å². The van der Waals surface area contributed by atoms with E-state index in [0.29, 0.717) is 16.4 Å². The molecule has 26 heavy (non-hydrogen) atoms. The van der Waals surface area contributed by atoms with Gasteiger partial charge in [-0.1, -0.05) is 11.8 Å². The molecule has 0 saturated heterocycles. The number of rotatable bonds is 6. The molecule has 0 saturated carbocycles. The van der Waals surface area contributed by atoms with Gasteiger partial charge < -0.3 is 10.1 Å². The molecule has 0 atom stereocenters. The molecule has 9 heteroatoms. The average molecular weight is 371 g/mol. The Kier molecular flexibility index (Phi) is 5.37. The maximum absolute atomic E-state index is 12.2. The molecule has 1 aromatic carbocycles. The summed E-state index contributed by atoms with van der Waals surface area (Å²) >= 11 is 1.29. The first-order valence-electron chi connectivity index (χ1n) is 7.75. The Morgan fingerprint density at radius 2 is 1.85 bits per heavy atom. The van der Waals surface area contributed by atoms with Crippen LogP contribution in [0.4, 0.5) is 5.69 Å². The van der Waals surface area contributed by atoms with Gasteiger partial charge in [0.1, 0.15) is 0 Å². The standard InChI is InChI=1S/C17H17N5O3S/c1-12-19-20-17(22(12)21-9-3-4-10-21)26-11-15(23)18-14-7-5-13(6-8-14)16(24)25-2/h3-10H,11H2,1-2H3,(H,18,23). The summed E-state index contributed by atoms with van der Waals surface area (Å²) in [6, 6.07) is 10.3. The Hall–Kier alpha value is -3.07. The molecule has 2 aromatic heterocycles. The lowest BCUT2D eigenvalue weighted by molar-refractivity contribution is -0.113. The van der Waals surface area contributed by atoms with E-state index in [1.807, 2.05) is 40.8 Å². The number of anilines is 1. The minimum Gasteiger partial charge on any atom is -0.465 e. The number of thioether (sulfide) groups is 1. The number of amides is 1. The van der Waals surface area contributed by atoms with Crippen molar-refractivity contribution < 1.29 is 14.3 Å². The molecule has 0 spiro atoms. The lowest BCUT2D eigenvalue weighted by atomic mass is 10.2. The molecule has 0 aliphatic heterocycles. The van der Waals surface area contributed by atoms with Crippen molar-refractivity contribution in [2.75, 3.05) is 18.2 Å². The van der Waals surface area contributed by atoms with Crippen LogP contribution < -0.4 is 5.32 Å². The van der Waals surface area contributed by atoms with Crippen molar-refractivity contribution in [3.63, 3.8) is 0 Å². The van der Waals surface area contributed by atoms with E-state index in [2.05, 4.69) is 20.3 Å². The number of nitrogens with one attached hydrogen (secondary N) is 1. The number of hydrogen-bond donors (Lipinski definition) is 1. The molecule has 8 nitrogen and oxygen atoms in total. The predicted octanol–water partition coefficient (Wildman–Crippen LogP) is 2.22. The molecule has 0 fully saturated rings. The number of benzene rings is 1. The van der Waals surface area contributed by atoms with E-state index < -0.39 is 5.97 Å². The van der Waals surface area contributed by atoms with Gasteiger partial charge >= 0.3 is 5.97 Å². The Balaban J connectivity index is 1.61. The lowest BCUT2D eigenvalue weighted by Crippen LogP contribution is -2.16. The first kappa shape index (κ1) is 17.7. The zero-order chi connectivity index (χ0) is 18.5. The highest BCUT2D eigenvalue weighted by atomic mass is 32.2. The van der Waals surface area contributed by atoms with Crippen LogP contribution >= 0.6 is 11.8 Å². The van der Waals surface area contributed by atoms with Crippen LogP contribution in [0.1, 0.15) is 16.2 Å².